The third-order valence-corrected chi connectivity index (χ3v) is 3.60. The Hall–Kier alpha value is -2.48. The van der Waals surface area contributed by atoms with E-state index in [0.29, 0.717) is 11.0 Å². The summed E-state index contributed by atoms with van der Waals surface area (Å²) in [6.07, 6.45) is 3.36. The minimum atomic E-state index is -0.326. The van der Waals surface area contributed by atoms with Crippen molar-refractivity contribution in [1.82, 2.24) is 20.2 Å². The van der Waals surface area contributed by atoms with Crippen LogP contribution in [0.3, 0.4) is 0 Å². The van der Waals surface area contributed by atoms with Gasteiger partial charge in [0.1, 0.15) is 6.54 Å². The van der Waals surface area contributed by atoms with Crippen molar-refractivity contribution in [1.29, 1.82) is 0 Å². The number of hydrogen-bond donors (Lipinski definition) is 2. The van der Waals surface area contributed by atoms with Crippen LogP contribution in [0.25, 0.3) is 0 Å². The molecule has 2 amide bonds. The maximum absolute atomic E-state index is 11.8. The summed E-state index contributed by atoms with van der Waals surface area (Å²) in [6.45, 7) is 0.463. The van der Waals surface area contributed by atoms with Crippen LogP contribution in [0.2, 0.25) is 0 Å². The normalized spacial score (nSPS) is 10.2. The molecule has 0 saturated heterocycles. The number of carbonyl (C=O) groups excluding carboxylic acids is 2. The number of carbonyl (C=O) groups is 2. The van der Waals surface area contributed by atoms with Gasteiger partial charge in [-0.05, 0) is 34.1 Å². The fourth-order valence-electron chi connectivity index (χ4n) is 1.93. The molecular formula is C16H17BrN4O3. The Bertz CT molecular complexity index is 761. The molecule has 0 aliphatic carbocycles. The van der Waals surface area contributed by atoms with E-state index in [1.165, 1.54) is 10.6 Å². The Morgan fingerprint density at radius 1 is 1.12 bits per heavy atom. The van der Waals surface area contributed by atoms with E-state index in [1.807, 2.05) is 12.1 Å². The van der Waals surface area contributed by atoms with Crippen molar-refractivity contribution in [2.45, 2.75) is 19.5 Å². The molecule has 2 aromatic heterocycles. The monoisotopic (exact) mass is 392 g/mol. The lowest BCUT2D eigenvalue weighted by Crippen LogP contribution is -2.34. The third-order valence-electron chi connectivity index (χ3n) is 3.13. The number of pyridine rings is 2. The van der Waals surface area contributed by atoms with Crippen LogP contribution in [0.4, 0.5) is 0 Å². The Labute approximate surface area is 147 Å². The lowest BCUT2D eigenvalue weighted by molar-refractivity contribution is -0.122. The Kier molecular flexibility index (Phi) is 6.68. The first kappa shape index (κ1) is 17.9. The first-order valence-corrected chi connectivity index (χ1v) is 8.13. The molecule has 0 atom stereocenters. The van der Waals surface area contributed by atoms with E-state index in [1.54, 1.807) is 24.5 Å². The molecule has 2 rings (SSSR count). The summed E-state index contributed by atoms with van der Waals surface area (Å²) >= 11 is 3.24. The molecule has 0 bridgehead atoms. The van der Waals surface area contributed by atoms with Gasteiger partial charge < -0.3 is 15.2 Å². The molecule has 0 unspecified atom stereocenters. The molecule has 24 heavy (non-hydrogen) atoms. The van der Waals surface area contributed by atoms with Crippen LogP contribution in [0, 0.1) is 0 Å². The molecule has 7 nitrogen and oxygen atoms in total. The highest BCUT2D eigenvalue weighted by molar-refractivity contribution is 9.10. The van der Waals surface area contributed by atoms with E-state index in [4.69, 9.17) is 0 Å². The number of nitrogens with zero attached hydrogens (tertiary/aromatic N) is 2. The molecule has 0 fully saturated rings. The van der Waals surface area contributed by atoms with Crippen LogP contribution in [-0.2, 0) is 22.7 Å². The molecule has 2 heterocycles. The number of aromatic nitrogens is 2. The summed E-state index contributed by atoms with van der Waals surface area (Å²) in [5.74, 6) is -0.506. The van der Waals surface area contributed by atoms with Crippen LogP contribution in [-0.4, -0.2) is 27.9 Å². The average molecular weight is 393 g/mol. The fraction of sp³-hybridized carbons (Fsp3) is 0.250. The Balaban J connectivity index is 1.69. The predicted molar refractivity (Wildman–Crippen MR) is 92.1 cm³/mol. The second kappa shape index (κ2) is 8.97. The van der Waals surface area contributed by atoms with Gasteiger partial charge in [-0.3, -0.25) is 19.4 Å². The molecule has 2 N–H and O–H groups in total. The van der Waals surface area contributed by atoms with Gasteiger partial charge in [-0.25, -0.2) is 0 Å². The summed E-state index contributed by atoms with van der Waals surface area (Å²) < 4.78 is 2.00. The number of halogens is 1. The van der Waals surface area contributed by atoms with Crippen molar-refractivity contribution in [3.05, 3.63) is 63.2 Å². The second-order valence-corrected chi connectivity index (χ2v) is 5.93. The van der Waals surface area contributed by atoms with E-state index in [-0.39, 0.29) is 36.9 Å². The predicted octanol–water partition coefficient (Wildman–Crippen LogP) is 0.828. The summed E-state index contributed by atoms with van der Waals surface area (Å²) in [7, 11) is 0. The number of nitrogens with one attached hydrogen (secondary N) is 2. The highest BCUT2D eigenvalue weighted by Crippen LogP contribution is 2.04. The van der Waals surface area contributed by atoms with E-state index in [2.05, 4.69) is 31.5 Å². The zero-order valence-corrected chi connectivity index (χ0v) is 14.5. The van der Waals surface area contributed by atoms with Crippen molar-refractivity contribution in [3.63, 3.8) is 0 Å². The van der Waals surface area contributed by atoms with Gasteiger partial charge in [0.15, 0.2) is 0 Å². The minimum Gasteiger partial charge on any atom is -0.354 e. The molecule has 0 aliphatic heterocycles. The quantitative estimate of drug-likeness (QED) is 0.729. The lowest BCUT2D eigenvalue weighted by Gasteiger charge is -2.08. The zero-order valence-electron chi connectivity index (χ0n) is 12.9. The Morgan fingerprint density at radius 2 is 1.96 bits per heavy atom. The van der Waals surface area contributed by atoms with Gasteiger partial charge in [-0.15, -0.1) is 0 Å². The van der Waals surface area contributed by atoms with Gasteiger partial charge in [0.2, 0.25) is 11.8 Å². The van der Waals surface area contributed by atoms with E-state index in [0.717, 1.165) is 5.69 Å². The van der Waals surface area contributed by atoms with Crippen LogP contribution in [0.15, 0.2) is 52.0 Å². The van der Waals surface area contributed by atoms with Crippen molar-refractivity contribution >= 4 is 27.7 Å². The van der Waals surface area contributed by atoms with Crippen molar-refractivity contribution < 1.29 is 9.59 Å². The van der Waals surface area contributed by atoms with Crippen molar-refractivity contribution in [2.75, 3.05) is 6.54 Å². The van der Waals surface area contributed by atoms with E-state index < -0.39 is 0 Å². The Morgan fingerprint density at radius 3 is 2.71 bits per heavy atom. The minimum absolute atomic E-state index is 0.0895. The summed E-state index contributed by atoms with van der Waals surface area (Å²) in [5, 5.41) is 5.34. The fourth-order valence-corrected chi connectivity index (χ4v) is 2.31. The standard InChI is InChI=1S/C16H17BrN4O3/c17-12-4-5-16(24)21(10-12)11-15(23)19-8-6-14(22)20-9-13-3-1-2-7-18-13/h1-5,7,10H,6,8-9,11H2,(H,19,23)(H,20,22). The van der Waals surface area contributed by atoms with E-state index >= 15 is 0 Å². The van der Waals surface area contributed by atoms with Gasteiger partial charge in [0, 0.05) is 35.9 Å². The van der Waals surface area contributed by atoms with Gasteiger partial charge in [0.05, 0.1) is 12.2 Å². The topological polar surface area (TPSA) is 93.1 Å². The first-order chi connectivity index (χ1) is 11.5. The number of rotatable bonds is 7. The maximum atomic E-state index is 11.8. The molecule has 0 saturated carbocycles. The van der Waals surface area contributed by atoms with Gasteiger partial charge in [-0.2, -0.15) is 0 Å². The van der Waals surface area contributed by atoms with E-state index in [9.17, 15) is 14.4 Å². The third kappa shape index (κ3) is 5.96. The summed E-state index contributed by atoms with van der Waals surface area (Å²) in [4.78, 5) is 39.2. The molecule has 0 aromatic carbocycles. The molecule has 0 radical (unpaired) electrons. The number of hydrogen-bond acceptors (Lipinski definition) is 4. The van der Waals surface area contributed by atoms with Gasteiger partial charge >= 0.3 is 0 Å². The van der Waals surface area contributed by atoms with Gasteiger partial charge in [-0.1, -0.05) is 6.07 Å². The first-order valence-electron chi connectivity index (χ1n) is 7.34. The van der Waals surface area contributed by atoms with Crippen molar-refractivity contribution in [3.8, 4) is 0 Å². The average Bonchev–Trinajstić information content (AvgIpc) is 2.57. The lowest BCUT2D eigenvalue weighted by atomic mass is 10.3. The van der Waals surface area contributed by atoms with Crippen molar-refractivity contribution in [2.24, 2.45) is 0 Å². The largest absolute Gasteiger partial charge is 0.354 e. The molecule has 0 aliphatic rings. The summed E-state index contributed by atoms with van der Waals surface area (Å²) in [5.41, 5.74) is 0.505. The van der Waals surface area contributed by atoms with Crippen LogP contribution in [0.1, 0.15) is 12.1 Å². The molecular weight excluding hydrogens is 376 g/mol. The molecule has 2 aromatic rings. The second-order valence-electron chi connectivity index (χ2n) is 5.01. The molecule has 0 spiro atoms. The summed E-state index contributed by atoms with van der Waals surface area (Å²) in [6, 6.07) is 8.46. The van der Waals surface area contributed by atoms with Gasteiger partial charge in [0.25, 0.3) is 5.56 Å². The highest BCUT2D eigenvalue weighted by atomic mass is 79.9. The molecule has 8 heteroatoms. The zero-order chi connectivity index (χ0) is 17.4. The smallest absolute Gasteiger partial charge is 0.251 e. The molecule has 126 valence electrons. The van der Waals surface area contributed by atoms with Crippen LogP contribution < -0.4 is 16.2 Å². The van der Waals surface area contributed by atoms with Crippen LogP contribution in [0.5, 0.6) is 0 Å². The highest BCUT2D eigenvalue weighted by Gasteiger charge is 2.06. The van der Waals surface area contributed by atoms with Crippen LogP contribution >= 0.6 is 15.9 Å². The maximum Gasteiger partial charge on any atom is 0.251 e. The number of amides is 2. The SMILES string of the molecule is O=C(CCNC(=O)Cn1cc(Br)ccc1=O)NCc1ccccn1.